The fourth-order valence-electron chi connectivity index (χ4n) is 1.67. The first-order chi connectivity index (χ1) is 8.11. The molecular formula is C11H9BrFN3O. The van der Waals surface area contributed by atoms with Gasteiger partial charge >= 0.3 is 0 Å². The van der Waals surface area contributed by atoms with Crippen LogP contribution < -0.4 is 10.6 Å². The zero-order valence-electron chi connectivity index (χ0n) is 8.76. The summed E-state index contributed by atoms with van der Waals surface area (Å²) in [4.78, 5) is 11.0. The summed E-state index contributed by atoms with van der Waals surface area (Å²) in [7, 11) is 0. The highest BCUT2D eigenvalue weighted by Gasteiger charge is 2.22. The van der Waals surface area contributed by atoms with Gasteiger partial charge < -0.3 is 10.6 Å². The maximum absolute atomic E-state index is 13.8. The van der Waals surface area contributed by atoms with Gasteiger partial charge in [-0.2, -0.15) is 5.26 Å². The van der Waals surface area contributed by atoms with Crippen molar-refractivity contribution in [1.29, 1.82) is 5.26 Å². The number of hydrogen-bond acceptors (Lipinski definition) is 3. The van der Waals surface area contributed by atoms with Crippen LogP contribution in [0.3, 0.4) is 0 Å². The van der Waals surface area contributed by atoms with Gasteiger partial charge in [-0.05, 0) is 28.1 Å². The van der Waals surface area contributed by atoms with Gasteiger partial charge in [0, 0.05) is 13.0 Å². The Hall–Kier alpha value is -1.61. The van der Waals surface area contributed by atoms with Gasteiger partial charge in [-0.1, -0.05) is 0 Å². The van der Waals surface area contributed by atoms with E-state index in [4.69, 9.17) is 5.26 Å². The SMILES string of the molecule is N#Cc1ccc(NC2CNC(=O)C2)c(F)c1Br. The first-order valence-electron chi connectivity index (χ1n) is 5.03. The van der Waals surface area contributed by atoms with Crippen LogP contribution in [0, 0.1) is 17.1 Å². The number of carbonyl (C=O) groups excluding carboxylic acids is 1. The van der Waals surface area contributed by atoms with E-state index < -0.39 is 5.82 Å². The third-order valence-electron chi connectivity index (χ3n) is 2.54. The molecule has 0 saturated carbocycles. The van der Waals surface area contributed by atoms with Crippen molar-refractivity contribution in [3.63, 3.8) is 0 Å². The number of amides is 1. The van der Waals surface area contributed by atoms with E-state index in [0.717, 1.165) is 0 Å². The number of carbonyl (C=O) groups is 1. The molecule has 2 rings (SSSR count). The Labute approximate surface area is 106 Å². The second-order valence-electron chi connectivity index (χ2n) is 3.75. The van der Waals surface area contributed by atoms with E-state index >= 15 is 0 Å². The van der Waals surface area contributed by atoms with Gasteiger partial charge in [0.15, 0.2) is 5.82 Å². The highest BCUT2D eigenvalue weighted by molar-refractivity contribution is 9.10. The molecule has 1 heterocycles. The largest absolute Gasteiger partial charge is 0.378 e. The van der Waals surface area contributed by atoms with Gasteiger partial charge in [0.25, 0.3) is 0 Å². The molecule has 17 heavy (non-hydrogen) atoms. The number of nitriles is 1. The summed E-state index contributed by atoms with van der Waals surface area (Å²) in [6.45, 7) is 0.482. The van der Waals surface area contributed by atoms with Crippen molar-refractivity contribution in [3.05, 3.63) is 28.0 Å². The van der Waals surface area contributed by atoms with Crippen LogP contribution in [0.4, 0.5) is 10.1 Å². The van der Waals surface area contributed by atoms with E-state index in [1.165, 1.54) is 12.1 Å². The number of anilines is 1. The smallest absolute Gasteiger partial charge is 0.222 e. The van der Waals surface area contributed by atoms with Gasteiger partial charge in [-0.25, -0.2) is 4.39 Å². The molecule has 0 radical (unpaired) electrons. The van der Waals surface area contributed by atoms with Crippen LogP contribution in [0.5, 0.6) is 0 Å². The highest BCUT2D eigenvalue weighted by Crippen LogP contribution is 2.27. The molecule has 2 N–H and O–H groups in total. The minimum absolute atomic E-state index is 0.0457. The molecule has 0 spiro atoms. The summed E-state index contributed by atoms with van der Waals surface area (Å²) < 4.78 is 14.0. The highest BCUT2D eigenvalue weighted by atomic mass is 79.9. The molecular weight excluding hydrogens is 289 g/mol. The molecule has 0 aliphatic carbocycles. The lowest BCUT2D eigenvalue weighted by molar-refractivity contribution is -0.119. The molecule has 0 aromatic heterocycles. The fraction of sp³-hybridized carbons (Fsp3) is 0.273. The zero-order chi connectivity index (χ0) is 12.4. The summed E-state index contributed by atoms with van der Waals surface area (Å²) in [5, 5.41) is 14.3. The van der Waals surface area contributed by atoms with E-state index in [-0.39, 0.29) is 27.7 Å². The summed E-state index contributed by atoms with van der Waals surface area (Å²) in [6, 6.07) is 4.80. The van der Waals surface area contributed by atoms with Gasteiger partial charge in [-0.15, -0.1) is 0 Å². The van der Waals surface area contributed by atoms with Crippen molar-refractivity contribution in [3.8, 4) is 6.07 Å². The second kappa shape index (κ2) is 4.72. The summed E-state index contributed by atoms with van der Waals surface area (Å²) in [5.41, 5.74) is 0.533. The Morgan fingerprint density at radius 2 is 2.35 bits per heavy atom. The van der Waals surface area contributed by atoms with E-state index in [0.29, 0.717) is 13.0 Å². The van der Waals surface area contributed by atoms with Gasteiger partial charge in [0.2, 0.25) is 5.91 Å². The van der Waals surface area contributed by atoms with Crippen molar-refractivity contribution >= 4 is 27.5 Å². The Balaban J connectivity index is 2.20. The fourth-order valence-corrected chi connectivity index (χ4v) is 2.11. The molecule has 1 fully saturated rings. The first kappa shape index (κ1) is 11.9. The topological polar surface area (TPSA) is 64.9 Å². The minimum Gasteiger partial charge on any atom is -0.378 e. The maximum atomic E-state index is 13.8. The van der Waals surface area contributed by atoms with Crippen LogP contribution in [-0.4, -0.2) is 18.5 Å². The lowest BCUT2D eigenvalue weighted by atomic mass is 10.2. The van der Waals surface area contributed by atoms with Crippen LogP contribution in [0.25, 0.3) is 0 Å². The quantitative estimate of drug-likeness (QED) is 0.874. The summed E-state index contributed by atoms with van der Waals surface area (Å²) in [5.74, 6) is -0.556. The minimum atomic E-state index is -0.511. The normalized spacial score (nSPS) is 18.6. The third kappa shape index (κ3) is 2.39. The molecule has 0 bridgehead atoms. The molecule has 1 aliphatic rings. The van der Waals surface area contributed by atoms with Crippen molar-refractivity contribution in [1.82, 2.24) is 5.32 Å². The summed E-state index contributed by atoms with van der Waals surface area (Å²) >= 11 is 3.03. The first-order valence-corrected chi connectivity index (χ1v) is 5.82. The molecule has 1 aromatic carbocycles. The molecule has 1 saturated heterocycles. The molecule has 1 amide bonds. The van der Waals surface area contributed by atoms with Crippen molar-refractivity contribution in [2.24, 2.45) is 0 Å². The third-order valence-corrected chi connectivity index (χ3v) is 3.32. The Morgan fingerprint density at radius 1 is 1.59 bits per heavy atom. The maximum Gasteiger partial charge on any atom is 0.222 e. The number of benzene rings is 1. The van der Waals surface area contributed by atoms with Gasteiger partial charge in [0.05, 0.1) is 21.8 Å². The number of halogens is 2. The van der Waals surface area contributed by atoms with E-state index in [9.17, 15) is 9.18 Å². The van der Waals surface area contributed by atoms with Crippen LogP contribution in [-0.2, 0) is 4.79 Å². The summed E-state index contributed by atoms with van der Waals surface area (Å²) in [6.07, 6.45) is 0.330. The second-order valence-corrected chi connectivity index (χ2v) is 4.54. The Bertz CT molecular complexity index is 512. The number of rotatable bonds is 2. The number of nitrogens with zero attached hydrogens (tertiary/aromatic N) is 1. The lowest BCUT2D eigenvalue weighted by Crippen LogP contribution is -2.23. The van der Waals surface area contributed by atoms with Crippen LogP contribution >= 0.6 is 15.9 Å². The van der Waals surface area contributed by atoms with Crippen molar-refractivity contribution in [2.45, 2.75) is 12.5 Å². The van der Waals surface area contributed by atoms with Crippen LogP contribution in [0.15, 0.2) is 16.6 Å². The van der Waals surface area contributed by atoms with Gasteiger partial charge in [0.1, 0.15) is 6.07 Å². The number of hydrogen-bond donors (Lipinski definition) is 2. The predicted molar refractivity (Wildman–Crippen MR) is 63.9 cm³/mol. The Morgan fingerprint density at radius 3 is 2.94 bits per heavy atom. The molecule has 88 valence electrons. The zero-order valence-corrected chi connectivity index (χ0v) is 10.3. The standard InChI is InChI=1S/C11H9BrFN3O/c12-10-6(4-14)1-2-8(11(10)13)16-7-3-9(17)15-5-7/h1-2,7,16H,3,5H2,(H,15,17). The average Bonchev–Trinajstić information content (AvgIpc) is 2.71. The lowest BCUT2D eigenvalue weighted by Gasteiger charge is -2.13. The van der Waals surface area contributed by atoms with E-state index in [1.807, 2.05) is 6.07 Å². The van der Waals surface area contributed by atoms with E-state index in [1.54, 1.807) is 0 Å². The monoisotopic (exact) mass is 297 g/mol. The predicted octanol–water partition coefficient (Wildman–Crippen LogP) is 1.76. The molecule has 1 unspecified atom stereocenters. The molecule has 1 aliphatic heterocycles. The van der Waals surface area contributed by atoms with Crippen molar-refractivity contribution < 1.29 is 9.18 Å². The van der Waals surface area contributed by atoms with Crippen molar-refractivity contribution in [2.75, 3.05) is 11.9 Å². The molecule has 1 aromatic rings. The van der Waals surface area contributed by atoms with Crippen LogP contribution in [0.1, 0.15) is 12.0 Å². The Kier molecular flexibility index (Phi) is 3.29. The van der Waals surface area contributed by atoms with Gasteiger partial charge in [-0.3, -0.25) is 4.79 Å². The molecule has 6 heteroatoms. The molecule has 4 nitrogen and oxygen atoms in total. The van der Waals surface area contributed by atoms with Crippen LogP contribution in [0.2, 0.25) is 0 Å². The van der Waals surface area contributed by atoms with E-state index in [2.05, 4.69) is 26.6 Å². The molecule has 1 atom stereocenters. The number of nitrogens with one attached hydrogen (secondary N) is 2. The average molecular weight is 298 g/mol.